The van der Waals surface area contributed by atoms with Gasteiger partial charge in [0.1, 0.15) is 0 Å². The number of nitrogens with one attached hydrogen (secondary N) is 2. The normalized spacial score (nSPS) is 18.6. The first-order valence-corrected chi connectivity index (χ1v) is 5.34. The van der Waals surface area contributed by atoms with Gasteiger partial charge in [-0.15, -0.1) is 0 Å². The van der Waals surface area contributed by atoms with Gasteiger partial charge in [0, 0.05) is 6.20 Å². The number of para-hydroxylation sites is 1. The molecule has 0 bridgehead atoms. The Balaban J connectivity index is 2.15. The van der Waals surface area contributed by atoms with Gasteiger partial charge in [-0.3, -0.25) is 5.84 Å². The van der Waals surface area contributed by atoms with Crippen LogP contribution in [0.25, 0.3) is 0 Å². The maximum Gasteiger partial charge on any atom is 0.193 e. The van der Waals surface area contributed by atoms with E-state index in [1.54, 1.807) is 19.2 Å². The number of benzene rings is 1. The second kappa shape index (κ2) is 5.05. The molecule has 0 aliphatic carbocycles. The molecule has 0 amide bonds. The summed E-state index contributed by atoms with van der Waals surface area (Å²) in [7, 11) is 0. The van der Waals surface area contributed by atoms with Gasteiger partial charge in [-0.25, -0.2) is 8.78 Å². The summed E-state index contributed by atoms with van der Waals surface area (Å²) in [4.78, 5) is 0. The van der Waals surface area contributed by atoms with Gasteiger partial charge < -0.3 is 15.5 Å². The highest BCUT2D eigenvalue weighted by molar-refractivity contribution is 5.32. The van der Waals surface area contributed by atoms with Gasteiger partial charge in [-0.05, 0) is 30.7 Å². The summed E-state index contributed by atoms with van der Waals surface area (Å²) in [5, 5.41) is 2.82. The van der Waals surface area contributed by atoms with Crippen molar-refractivity contribution in [1.82, 2.24) is 10.7 Å². The van der Waals surface area contributed by atoms with Crippen LogP contribution in [0.4, 0.5) is 8.78 Å². The van der Waals surface area contributed by atoms with Gasteiger partial charge in [-0.2, -0.15) is 0 Å². The highest BCUT2D eigenvalue weighted by Crippen LogP contribution is 2.23. The van der Waals surface area contributed by atoms with E-state index in [4.69, 9.17) is 10.6 Å². The molecule has 1 unspecified atom stereocenters. The van der Waals surface area contributed by atoms with Gasteiger partial charge in [-0.1, -0.05) is 6.07 Å². The summed E-state index contributed by atoms with van der Waals surface area (Å²) >= 11 is 0. The standard InChI is InChI=1S/C12H13F2N3O/c1-7-5-11(16-6-10(7)17-15)18-12-8(13)3-2-4-9(12)14/h2-6,11,16-17H,15H2,1H3. The van der Waals surface area contributed by atoms with Crippen LogP contribution in [0.2, 0.25) is 0 Å². The number of nitrogens with two attached hydrogens (primary N) is 1. The minimum Gasteiger partial charge on any atom is -0.461 e. The summed E-state index contributed by atoms with van der Waals surface area (Å²) < 4.78 is 32.0. The van der Waals surface area contributed by atoms with Crippen molar-refractivity contribution in [3.63, 3.8) is 0 Å². The molecule has 4 N–H and O–H groups in total. The Morgan fingerprint density at radius 3 is 2.56 bits per heavy atom. The van der Waals surface area contributed by atoms with Gasteiger partial charge in [0.05, 0.1) is 5.70 Å². The van der Waals surface area contributed by atoms with Crippen molar-refractivity contribution in [3.8, 4) is 5.75 Å². The summed E-state index contributed by atoms with van der Waals surface area (Å²) in [5.41, 5.74) is 3.99. The molecule has 0 saturated carbocycles. The van der Waals surface area contributed by atoms with Crippen LogP contribution in [0, 0.1) is 11.6 Å². The van der Waals surface area contributed by atoms with Gasteiger partial charge in [0.2, 0.25) is 0 Å². The quantitative estimate of drug-likeness (QED) is 0.564. The molecule has 0 fully saturated rings. The van der Waals surface area contributed by atoms with E-state index in [0.29, 0.717) is 5.70 Å². The predicted octanol–water partition coefficient (Wildman–Crippen LogP) is 1.52. The van der Waals surface area contributed by atoms with Crippen LogP contribution in [0.5, 0.6) is 5.75 Å². The lowest BCUT2D eigenvalue weighted by Crippen LogP contribution is -2.36. The van der Waals surface area contributed by atoms with Crippen LogP contribution in [0.1, 0.15) is 6.92 Å². The van der Waals surface area contributed by atoms with E-state index in [1.165, 1.54) is 6.07 Å². The fraction of sp³-hybridized carbons (Fsp3) is 0.167. The number of ether oxygens (including phenoxy) is 1. The van der Waals surface area contributed by atoms with Crippen LogP contribution in [0.3, 0.4) is 0 Å². The minimum absolute atomic E-state index is 0.406. The van der Waals surface area contributed by atoms with Crippen LogP contribution >= 0.6 is 0 Å². The Labute approximate surface area is 103 Å². The molecule has 6 heteroatoms. The third-order valence-electron chi connectivity index (χ3n) is 2.54. The Hall–Kier alpha value is -2.08. The Bertz CT molecular complexity index is 494. The smallest absolute Gasteiger partial charge is 0.193 e. The average Bonchev–Trinajstić information content (AvgIpc) is 2.34. The van der Waals surface area contributed by atoms with Crippen LogP contribution in [0.15, 0.2) is 41.7 Å². The second-order valence-corrected chi connectivity index (χ2v) is 3.81. The third kappa shape index (κ3) is 2.43. The maximum absolute atomic E-state index is 13.4. The largest absolute Gasteiger partial charge is 0.461 e. The molecule has 2 rings (SSSR count). The summed E-state index contributed by atoms with van der Waals surface area (Å²) in [6, 6.07) is 3.56. The molecule has 1 aliphatic heterocycles. The van der Waals surface area contributed by atoms with Crippen molar-refractivity contribution in [3.05, 3.63) is 53.4 Å². The van der Waals surface area contributed by atoms with Gasteiger partial charge in [0.25, 0.3) is 0 Å². The topological polar surface area (TPSA) is 59.3 Å². The second-order valence-electron chi connectivity index (χ2n) is 3.81. The van der Waals surface area contributed by atoms with Crippen molar-refractivity contribution >= 4 is 0 Å². The van der Waals surface area contributed by atoms with Crippen LogP contribution in [-0.4, -0.2) is 6.23 Å². The number of hydrogen-bond acceptors (Lipinski definition) is 4. The molecule has 1 aromatic carbocycles. The molecule has 0 aromatic heterocycles. The lowest BCUT2D eigenvalue weighted by atomic mass is 10.1. The highest BCUT2D eigenvalue weighted by Gasteiger charge is 2.17. The zero-order valence-electron chi connectivity index (χ0n) is 9.71. The fourth-order valence-electron chi connectivity index (χ4n) is 1.59. The van der Waals surface area contributed by atoms with Crippen LogP contribution < -0.4 is 21.3 Å². The number of hydrazine groups is 1. The fourth-order valence-corrected chi connectivity index (χ4v) is 1.59. The highest BCUT2D eigenvalue weighted by atomic mass is 19.1. The van der Waals surface area contributed by atoms with E-state index in [0.717, 1.165) is 17.7 Å². The molecular formula is C12H13F2N3O. The lowest BCUT2D eigenvalue weighted by molar-refractivity contribution is 0.204. The Morgan fingerprint density at radius 1 is 1.33 bits per heavy atom. The van der Waals surface area contributed by atoms with Crippen molar-refractivity contribution in [1.29, 1.82) is 0 Å². The Morgan fingerprint density at radius 2 is 2.00 bits per heavy atom. The van der Waals surface area contributed by atoms with Gasteiger partial charge >= 0.3 is 0 Å². The molecule has 0 saturated heterocycles. The van der Waals surface area contributed by atoms with Crippen molar-refractivity contribution in [2.24, 2.45) is 5.84 Å². The van der Waals surface area contributed by atoms with Crippen molar-refractivity contribution in [2.75, 3.05) is 0 Å². The molecule has 1 aliphatic rings. The van der Waals surface area contributed by atoms with E-state index < -0.39 is 23.6 Å². The first-order chi connectivity index (χ1) is 8.61. The van der Waals surface area contributed by atoms with Gasteiger partial charge in [0.15, 0.2) is 23.6 Å². The summed E-state index contributed by atoms with van der Waals surface area (Å²) in [5.74, 6) is 3.39. The lowest BCUT2D eigenvalue weighted by Gasteiger charge is -2.23. The molecule has 18 heavy (non-hydrogen) atoms. The average molecular weight is 253 g/mol. The monoisotopic (exact) mass is 253 g/mol. The third-order valence-corrected chi connectivity index (χ3v) is 2.54. The molecule has 1 atom stereocenters. The number of halogens is 2. The summed E-state index contributed by atoms with van der Waals surface area (Å²) in [6.07, 6.45) is 2.60. The molecule has 0 spiro atoms. The molecule has 4 nitrogen and oxygen atoms in total. The minimum atomic E-state index is -0.741. The van der Waals surface area contributed by atoms with Crippen molar-refractivity contribution in [2.45, 2.75) is 13.2 Å². The zero-order valence-corrected chi connectivity index (χ0v) is 9.71. The van der Waals surface area contributed by atoms with E-state index in [1.807, 2.05) is 0 Å². The van der Waals surface area contributed by atoms with E-state index in [2.05, 4.69) is 10.7 Å². The Kier molecular flexibility index (Phi) is 3.47. The van der Waals surface area contributed by atoms with E-state index in [-0.39, 0.29) is 0 Å². The number of dihydropyridines is 1. The SMILES string of the molecule is CC1=CC(Oc2c(F)cccc2F)NC=C1NN. The molecule has 96 valence electrons. The first-order valence-electron chi connectivity index (χ1n) is 5.34. The molecule has 1 aromatic rings. The van der Waals surface area contributed by atoms with Crippen molar-refractivity contribution < 1.29 is 13.5 Å². The van der Waals surface area contributed by atoms with Crippen LogP contribution in [-0.2, 0) is 0 Å². The molecule has 0 radical (unpaired) electrons. The number of allylic oxidation sites excluding steroid dienone is 1. The molecule has 1 heterocycles. The predicted molar refractivity (Wildman–Crippen MR) is 63.1 cm³/mol. The molecular weight excluding hydrogens is 240 g/mol. The van der Waals surface area contributed by atoms with E-state index >= 15 is 0 Å². The van der Waals surface area contributed by atoms with E-state index in [9.17, 15) is 8.78 Å². The number of rotatable bonds is 3. The summed E-state index contributed by atoms with van der Waals surface area (Å²) in [6.45, 7) is 1.81. The number of hydrogen-bond donors (Lipinski definition) is 3. The first kappa shape index (κ1) is 12.4. The maximum atomic E-state index is 13.4. The zero-order chi connectivity index (χ0) is 13.1.